The standard InChI is InChI=1S/C23H24N2O4/c1-28-21-11-17-16-8-4-5-9-19(16)29-20(17)12-18(21)24-23(27)14-10-22(26)25(13-14)15-6-2-3-7-15/h4-5,8-9,11-12,14-15H,2-3,6-7,10,13H2,1H3,(H,24,27)/t14-/m0/s1. The number of furan rings is 1. The van der Waals surface area contributed by atoms with E-state index in [1.807, 2.05) is 35.2 Å². The minimum Gasteiger partial charge on any atom is -0.495 e. The van der Waals surface area contributed by atoms with Crippen LogP contribution in [-0.4, -0.2) is 36.4 Å². The van der Waals surface area contributed by atoms with E-state index in [2.05, 4.69) is 5.32 Å². The van der Waals surface area contributed by atoms with Gasteiger partial charge in [-0.05, 0) is 25.0 Å². The summed E-state index contributed by atoms with van der Waals surface area (Å²) < 4.78 is 11.5. The zero-order chi connectivity index (χ0) is 20.0. The van der Waals surface area contributed by atoms with Gasteiger partial charge in [-0.25, -0.2) is 0 Å². The maximum Gasteiger partial charge on any atom is 0.229 e. The SMILES string of the molecule is COc1cc2c(cc1NC(=O)[C@H]1CC(=O)N(C3CCCC3)C1)oc1ccccc12. The predicted molar refractivity (Wildman–Crippen MR) is 111 cm³/mol. The third-order valence-electron chi connectivity index (χ3n) is 6.25. The normalized spacial score (nSPS) is 20.1. The van der Waals surface area contributed by atoms with Crippen molar-refractivity contribution in [1.82, 2.24) is 4.90 Å². The monoisotopic (exact) mass is 392 g/mol. The Morgan fingerprint density at radius 2 is 1.93 bits per heavy atom. The lowest BCUT2D eigenvalue weighted by Crippen LogP contribution is -2.35. The Morgan fingerprint density at radius 1 is 1.14 bits per heavy atom. The Bertz CT molecular complexity index is 1100. The number of hydrogen-bond donors (Lipinski definition) is 1. The second-order valence-corrected chi connectivity index (χ2v) is 8.02. The van der Waals surface area contributed by atoms with Crippen LogP contribution in [0.3, 0.4) is 0 Å². The molecule has 150 valence electrons. The maximum atomic E-state index is 12.9. The molecule has 1 aromatic heterocycles. The summed E-state index contributed by atoms with van der Waals surface area (Å²) in [4.78, 5) is 27.3. The van der Waals surface area contributed by atoms with Gasteiger partial charge in [0.15, 0.2) is 0 Å². The molecular weight excluding hydrogens is 368 g/mol. The summed E-state index contributed by atoms with van der Waals surface area (Å²) >= 11 is 0. The zero-order valence-corrected chi connectivity index (χ0v) is 16.4. The lowest BCUT2D eigenvalue weighted by molar-refractivity contribution is -0.129. The molecule has 5 rings (SSSR count). The third kappa shape index (κ3) is 3.12. The summed E-state index contributed by atoms with van der Waals surface area (Å²) in [5.74, 6) is 0.193. The molecule has 6 nitrogen and oxygen atoms in total. The maximum absolute atomic E-state index is 12.9. The molecule has 6 heteroatoms. The molecule has 1 aliphatic carbocycles. The van der Waals surface area contributed by atoms with Crippen LogP contribution >= 0.6 is 0 Å². The summed E-state index contributed by atoms with van der Waals surface area (Å²) in [7, 11) is 1.58. The van der Waals surface area contributed by atoms with E-state index in [-0.39, 0.29) is 24.2 Å². The molecule has 0 bridgehead atoms. The van der Waals surface area contributed by atoms with Gasteiger partial charge in [0.1, 0.15) is 16.9 Å². The van der Waals surface area contributed by atoms with E-state index in [0.717, 1.165) is 29.2 Å². The molecule has 3 aromatic rings. The van der Waals surface area contributed by atoms with Gasteiger partial charge in [-0.1, -0.05) is 31.0 Å². The average molecular weight is 392 g/mol. The van der Waals surface area contributed by atoms with Crippen molar-refractivity contribution in [2.45, 2.75) is 38.1 Å². The van der Waals surface area contributed by atoms with Crippen molar-refractivity contribution in [3.8, 4) is 5.75 Å². The predicted octanol–water partition coefficient (Wildman–Crippen LogP) is 4.32. The van der Waals surface area contributed by atoms with Crippen molar-refractivity contribution >= 4 is 39.4 Å². The minimum absolute atomic E-state index is 0.0942. The van der Waals surface area contributed by atoms with E-state index >= 15 is 0 Å². The van der Waals surface area contributed by atoms with Crippen molar-refractivity contribution in [3.63, 3.8) is 0 Å². The van der Waals surface area contributed by atoms with Crippen LogP contribution in [0, 0.1) is 5.92 Å². The highest BCUT2D eigenvalue weighted by Crippen LogP contribution is 2.37. The minimum atomic E-state index is -0.334. The van der Waals surface area contributed by atoms with Crippen LogP contribution < -0.4 is 10.1 Å². The fourth-order valence-electron chi connectivity index (χ4n) is 4.73. The number of nitrogens with one attached hydrogen (secondary N) is 1. The molecule has 29 heavy (non-hydrogen) atoms. The smallest absolute Gasteiger partial charge is 0.229 e. The van der Waals surface area contributed by atoms with Gasteiger partial charge in [0.25, 0.3) is 0 Å². The fraction of sp³-hybridized carbons (Fsp3) is 0.391. The first kappa shape index (κ1) is 18.0. The number of hydrogen-bond acceptors (Lipinski definition) is 4. The van der Waals surface area contributed by atoms with E-state index in [0.29, 0.717) is 29.6 Å². The number of ether oxygens (including phenoxy) is 1. The number of nitrogens with zero attached hydrogens (tertiary/aromatic N) is 1. The Morgan fingerprint density at radius 3 is 2.72 bits per heavy atom. The van der Waals surface area contributed by atoms with Gasteiger partial charge in [0.05, 0.1) is 18.7 Å². The van der Waals surface area contributed by atoms with Crippen molar-refractivity contribution < 1.29 is 18.7 Å². The van der Waals surface area contributed by atoms with Gasteiger partial charge in [0, 0.05) is 35.8 Å². The number of carbonyl (C=O) groups excluding carboxylic acids is 2. The van der Waals surface area contributed by atoms with Gasteiger partial charge in [0.2, 0.25) is 11.8 Å². The summed E-state index contributed by atoms with van der Waals surface area (Å²) in [6.45, 7) is 0.504. The Balaban J connectivity index is 1.40. The number of anilines is 1. The van der Waals surface area contributed by atoms with Crippen LogP contribution in [0.1, 0.15) is 32.1 Å². The molecule has 1 saturated carbocycles. The number of amides is 2. The Kier molecular flexibility index (Phi) is 4.42. The van der Waals surface area contributed by atoms with E-state index in [1.54, 1.807) is 13.2 Å². The second kappa shape index (κ2) is 7.10. The molecule has 2 aliphatic rings. The number of fused-ring (bicyclic) bond motifs is 3. The summed E-state index contributed by atoms with van der Waals surface area (Å²) in [5.41, 5.74) is 2.05. The first-order valence-electron chi connectivity index (χ1n) is 10.2. The summed E-state index contributed by atoms with van der Waals surface area (Å²) in [6.07, 6.45) is 4.71. The first-order chi connectivity index (χ1) is 14.1. The molecule has 2 fully saturated rings. The highest BCUT2D eigenvalue weighted by molar-refractivity contribution is 6.08. The van der Waals surface area contributed by atoms with Crippen molar-refractivity contribution in [2.75, 3.05) is 19.0 Å². The molecule has 0 radical (unpaired) electrons. The molecule has 2 aromatic carbocycles. The first-order valence-corrected chi connectivity index (χ1v) is 10.2. The Labute approximate surface area is 168 Å². The quantitative estimate of drug-likeness (QED) is 0.718. The van der Waals surface area contributed by atoms with Gasteiger partial charge < -0.3 is 19.4 Å². The van der Waals surface area contributed by atoms with Gasteiger partial charge in [-0.2, -0.15) is 0 Å². The van der Waals surface area contributed by atoms with Crippen LogP contribution in [0.25, 0.3) is 21.9 Å². The number of para-hydroxylation sites is 1. The molecular formula is C23H24N2O4. The fourth-order valence-corrected chi connectivity index (χ4v) is 4.73. The van der Waals surface area contributed by atoms with E-state index < -0.39 is 0 Å². The third-order valence-corrected chi connectivity index (χ3v) is 6.25. The average Bonchev–Trinajstić information content (AvgIpc) is 3.45. The molecule has 0 spiro atoms. The number of benzene rings is 2. The van der Waals surface area contributed by atoms with E-state index in [9.17, 15) is 9.59 Å². The molecule has 0 unspecified atom stereocenters. The number of methoxy groups -OCH3 is 1. The van der Waals surface area contributed by atoms with Crippen LogP contribution in [0.15, 0.2) is 40.8 Å². The molecule has 1 N–H and O–H groups in total. The topological polar surface area (TPSA) is 71.8 Å². The van der Waals surface area contributed by atoms with Crippen LogP contribution in [0.2, 0.25) is 0 Å². The molecule has 2 amide bonds. The van der Waals surface area contributed by atoms with E-state index in [1.165, 1.54) is 12.8 Å². The highest BCUT2D eigenvalue weighted by atomic mass is 16.5. The molecule has 1 aliphatic heterocycles. The van der Waals surface area contributed by atoms with Gasteiger partial charge >= 0.3 is 0 Å². The number of likely N-dealkylation sites (tertiary alicyclic amines) is 1. The highest BCUT2D eigenvalue weighted by Gasteiger charge is 2.38. The van der Waals surface area contributed by atoms with E-state index in [4.69, 9.17) is 9.15 Å². The lowest BCUT2D eigenvalue weighted by Gasteiger charge is -2.24. The van der Waals surface area contributed by atoms with Crippen molar-refractivity contribution in [3.05, 3.63) is 36.4 Å². The lowest BCUT2D eigenvalue weighted by atomic mass is 10.1. The van der Waals surface area contributed by atoms with Crippen LogP contribution in [0.5, 0.6) is 5.75 Å². The number of carbonyl (C=O) groups is 2. The second-order valence-electron chi connectivity index (χ2n) is 8.02. The zero-order valence-electron chi connectivity index (χ0n) is 16.4. The van der Waals surface area contributed by atoms with Crippen molar-refractivity contribution in [1.29, 1.82) is 0 Å². The number of rotatable bonds is 4. The van der Waals surface area contributed by atoms with Crippen LogP contribution in [0.4, 0.5) is 5.69 Å². The Hall–Kier alpha value is -3.02. The molecule has 1 atom stereocenters. The molecule has 1 saturated heterocycles. The largest absolute Gasteiger partial charge is 0.495 e. The van der Waals surface area contributed by atoms with Gasteiger partial charge in [-0.3, -0.25) is 9.59 Å². The molecule has 2 heterocycles. The van der Waals surface area contributed by atoms with Crippen LogP contribution in [-0.2, 0) is 9.59 Å². The van der Waals surface area contributed by atoms with Crippen molar-refractivity contribution in [2.24, 2.45) is 5.92 Å². The summed E-state index contributed by atoms with van der Waals surface area (Å²) in [6, 6.07) is 11.8. The van der Waals surface area contributed by atoms with Gasteiger partial charge in [-0.15, -0.1) is 0 Å². The summed E-state index contributed by atoms with van der Waals surface area (Å²) in [5, 5.41) is 4.92.